The van der Waals surface area contributed by atoms with Crippen molar-refractivity contribution < 1.29 is 100 Å². The number of quaternary nitrogens is 2. The molecular weight excluding hydrogens is 1100 g/mol. The monoisotopic (exact) mass is 1180 g/mol. The predicted octanol–water partition coefficient (Wildman–Crippen LogP) is 5.36. The van der Waals surface area contributed by atoms with Crippen molar-refractivity contribution >= 4 is 26.2 Å². The lowest BCUT2D eigenvalue weighted by Gasteiger charge is -2.44. The van der Waals surface area contributed by atoms with E-state index >= 15 is 0 Å². The number of benzene rings is 3. The molecule has 0 radical (unpaired) electrons. The van der Waals surface area contributed by atoms with Crippen molar-refractivity contribution in [2.75, 3.05) is 75.3 Å². The number of halogens is 7. The first-order valence-corrected chi connectivity index (χ1v) is 26.2. The van der Waals surface area contributed by atoms with Gasteiger partial charge in [0.1, 0.15) is 24.9 Å². The van der Waals surface area contributed by atoms with E-state index in [9.17, 15) is 40.6 Å². The lowest BCUT2D eigenvalue weighted by molar-refractivity contribution is -0.893. The lowest BCUT2D eigenvalue weighted by Crippen LogP contribution is -3.07. The van der Waals surface area contributed by atoms with Crippen LogP contribution in [0.15, 0.2) is 72.9 Å². The number of hydrogen-bond acceptors (Lipinski definition) is 11. The molecule has 13 rings (SSSR count). The zero-order valence-corrected chi connectivity index (χ0v) is 46.0. The van der Waals surface area contributed by atoms with Crippen molar-refractivity contribution in [1.82, 2.24) is 4.90 Å². The molecule has 1 fully saturated rings. The number of ketones is 2. The molecule has 0 amide bonds. The van der Waals surface area contributed by atoms with Gasteiger partial charge in [-0.1, -0.05) is 45.2 Å². The van der Waals surface area contributed by atoms with Crippen LogP contribution in [0.5, 0.6) is 34.5 Å². The molecule has 1 saturated heterocycles. The van der Waals surface area contributed by atoms with E-state index in [2.05, 4.69) is 43.3 Å². The number of carbonyl (C=O) groups is 2. The molecule has 13 nitrogen and oxygen atoms in total. The van der Waals surface area contributed by atoms with Gasteiger partial charge in [0.05, 0.1) is 63.8 Å². The summed E-state index contributed by atoms with van der Waals surface area (Å²) in [5, 5.41) is 9.98. The summed E-state index contributed by atoms with van der Waals surface area (Å²) in [5.41, 5.74) is 5.61. The summed E-state index contributed by atoms with van der Waals surface area (Å²) in [6.07, 6.45) is 16.4. The number of carbonyl (C=O) groups excluding carboxylic acids is 2. The number of nitrogens with one attached hydrogen (secondary N) is 1. The van der Waals surface area contributed by atoms with Gasteiger partial charge in [-0.15, -0.1) is 0 Å². The SMILES string of the molecule is C.C.C1CCOC1.COc1ccc2c3c1O[C@H]1CC(=O)C=C[C@@]31CCN(C)C2.COc1ccc2c3c1O[C@H]1CC(=O)C=C[C@@]31CC[N+](C)([B-](F)(F)F)C2.COc1ccc2c3c1O[C@H]1C[C@@H](O)C=C[C@@]31CC[NH+](C)C2.FB(F)F.[Br-]. The van der Waals surface area contributed by atoms with Crippen molar-refractivity contribution in [2.45, 2.75) is 127 Å². The summed E-state index contributed by atoms with van der Waals surface area (Å²) in [6, 6.07) is 11.7. The highest BCUT2D eigenvalue weighted by molar-refractivity contribution is 6.50. The molecule has 3 spiro atoms. The first-order chi connectivity index (χ1) is 36.2. The number of aliphatic hydroxyl groups excluding tert-OH is 1. The van der Waals surface area contributed by atoms with Crippen LogP contribution < -0.4 is 50.3 Å². The number of ether oxygens (including phenoxy) is 7. The first kappa shape index (κ1) is 63.2. The van der Waals surface area contributed by atoms with Gasteiger partial charge in [0.2, 0.25) is 0 Å². The molecule has 2 unspecified atom stereocenters. The summed E-state index contributed by atoms with van der Waals surface area (Å²) >= 11 is 0. The van der Waals surface area contributed by atoms with Gasteiger partial charge in [-0.25, -0.2) is 0 Å². The van der Waals surface area contributed by atoms with E-state index in [1.165, 1.54) is 60.2 Å². The number of allylic oxidation sites excluding steroid dienone is 2. The van der Waals surface area contributed by atoms with Gasteiger partial charge >= 0.3 is 14.7 Å². The smallest absolute Gasteiger partial charge is 0.762 e. The minimum absolute atomic E-state index is 0. The van der Waals surface area contributed by atoms with Crippen molar-refractivity contribution in [3.8, 4) is 34.5 Å². The Morgan fingerprint density at radius 2 is 1.19 bits per heavy atom. The van der Waals surface area contributed by atoms with Gasteiger partial charge < -0.3 is 82.4 Å². The Morgan fingerprint density at radius 1 is 0.722 bits per heavy atom. The average molecular weight is 1180 g/mol. The maximum Gasteiger partial charge on any atom is 0.762 e. The van der Waals surface area contributed by atoms with Crippen LogP contribution in [-0.4, -0.2) is 140 Å². The summed E-state index contributed by atoms with van der Waals surface area (Å²) in [6.45, 7) is 5.85. The van der Waals surface area contributed by atoms with Gasteiger partial charge in [-0.2, -0.15) is 0 Å². The highest BCUT2D eigenvalue weighted by Crippen LogP contribution is 2.58. The number of rotatable bonds is 4. The average Bonchev–Trinajstić information content (AvgIpc) is 4.38. The summed E-state index contributed by atoms with van der Waals surface area (Å²) in [7, 11) is 1.77. The number of nitrogens with zero attached hydrogens (tertiary/aromatic N) is 2. The van der Waals surface area contributed by atoms with Crippen molar-refractivity contribution in [1.29, 1.82) is 0 Å². The van der Waals surface area contributed by atoms with E-state index in [0.717, 1.165) is 80.8 Å². The van der Waals surface area contributed by atoms with Gasteiger partial charge in [-0.05, 0) is 80.9 Å². The quantitative estimate of drug-likeness (QED) is 0.199. The van der Waals surface area contributed by atoms with Gasteiger partial charge in [0.15, 0.2) is 46.1 Å². The molecule has 7 aliphatic heterocycles. The van der Waals surface area contributed by atoms with Gasteiger partial charge in [-0.3, -0.25) is 22.5 Å². The van der Waals surface area contributed by atoms with E-state index in [1.54, 1.807) is 38.5 Å². The third kappa shape index (κ3) is 11.9. The van der Waals surface area contributed by atoms with Crippen molar-refractivity contribution in [2.24, 2.45) is 0 Å². The molecule has 0 bridgehead atoms. The molecule has 3 aromatic rings. The van der Waals surface area contributed by atoms with Crippen molar-refractivity contribution in [3.63, 3.8) is 0 Å². The predicted molar refractivity (Wildman–Crippen MR) is 287 cm³/mol. The number of methoxy groups -OCH3 is 3. The Bertz CT molecular complexity index is 2780. The van der Waals surface area contributed by atoms with E-state index < -0.39 is 36.7 Å². The van der Waals surface area contributed by atoms with Crippen LogP contribution in [0.2, 0.25) is 0 Å². The fourth-order valence-corrected chi connectivity index (χ4v) is 13.0. The Balaban J connectivity index is 0.000000174. The third-order valence-electron chi connectivity index (χ3n) is 17.1. The molecule has 434 valence electrons. The highest BCUT2D eigenvalue weighted by atomic mass is 79.9. The number of aliphatic hydroxyl groups is 1. The second-order valence-corrected chi connectivity index (χ2v) is 21.8. The van der Waals surface area contributed by atoms with Crippen LogP contribution in [0, 0.1) is 0 Å². The van der Waals surface area contributed by atoms with Crippen LogP contribution in [0.3, 0.4) is 0 Å². The summed E-state index contributed by atoms with van der Waals surface area (Å²) in [4.78, 5) is 27.5. The molecule has 3 aliphatic carbocycles. The molecule has 3 aromatic carbocycles. The largest absolute Gasteiger partial charge is 1.00 e. The van der Waals surface area contributed by atoms with E-state index in [-0.39, 0.29) is 92.4 Å². The molecule has 79 heavy (non-hydrogen) atoms. The Morgan fingerprint density at radius 3 is 1.70 bits per heavy atom. The third-order valence-corrected chi connectivity index (χ3v) is 17.1. The van der Waals surface area contributed by atoms with Crippen LogP contribution in [0.1, 0.15) is 99.6 Å². The maximum absolute atomic E-state index is 13.8. The molecule has 10 aliphatic rings. The fourth-order valence-electron chi connectivity index (χ4n) is 13.0. The number of hydrogen-bond donors (Lipinski definition) is 2. The van der Waals surface area contributed by atoms with Gasteiger partial charge in [0, 0.05) is 93.3 Å². The van der Waals surface area contributed by atoms with E-state index in [1.807, 2.05) is 18.2 Å². The summed E-state index contributed by atoms with van der Waals surface area (Å²) in [5.74, 6) is 4.40. The first-order valence-electron chi connectivity index (χ1n) is 26.2. The molecule has 2 N–H and O–H groups in total. The Kier molecular flexibility index (Phi) is 20.0. The van der Waals surface area contributed by atoms with Crippen LogP contribution >= 0.6 is 0 Å². The topological polar surface area (TPSA) is 127 Å². The normalized spacial score (nSPS) is 30.2. The zero-order valence-electron chi connectivity index (χ0n) is 44.4. The van der Waals surface area contributed by atoms with Crippen molar-refractivity contribution in [3.05, 3.63) is 106 Å². The zero-order chi connectivity index (χ0) is 54.4. The van der Waals surface area contributed by atoms with E-state index in [4.69, 9.17) is 33.2 Å². The van der Waals surface area contributed by atoms with Crippen LogP contribution in [-0.2, 0) is 50.2 Å². The molecule has 0 aromatic heterocycles. The van der Waals surface area contributed by atoms with Crippen LogP contribution in [0.25, 0.3) is 0 Å². The molecule has 7 heterocycles. The second-order valence-electron chi connectivity index (χ2n) is 21.8. The highest BCUT2D eigenvalue weighted by Gasteiger charge is 2.59. The van der Waals surface area contributed by atoms with Crippen LogP contribution in [0.4, 0.5) is 25.9 Å². The maximum atomic E-state index is 13.8. The standard InChI is InChI=1S/C17H19BF3NO3.C17H21NO3.C17H19NO3.C4H8O.2CH4.BF3.BrH/c1-22(18(19,20)21)8-7-17-6-5-12(23)9-14(17)25-16-13(24-2)4-3-11(10-22)15(16)17;2*1-18-8-7-17-6-5-12(19)9-14(17)21-16-13(20-2)4-3-11(10-18)15(16)17;1-2-4-5-3-1;;;2-1(3)4;/h3-6,14H,7-10H2,1-2H3;3-6,12,14,19H,7-10H2,1-2H3;3-6,14H,7-10H2,1-2H3;1-4H2;2*1H4;;1H/t14-,17-,22?;12-,14-,17-;14-,17-;;;;;/m000...../s1. The van der Waals surface area contributed by atoms with E-state index in [0.29, 0.717) is 29.9 Å². The Hall–Kier alpha value is -4.99. The Labute approximate surface area is 471 Å². The molecule has 9 atom stereocenters. The van der Waals surface area contributed by atoms with Gasteiger partial charge in [0.25, 0.3) is 0 Å². The molecular formula is C57H76B2BrF6N3O10. The fraction of sp³-hybridized carbons (Fsp3) is 0.544. The molecule has 22 heteroatoms. The summed E-state index contributed by atoms with van der Waals surface area (Å²) < 4.78 is 109. The lowest BCUT2D eigenvalue weighted by atomic mass is 9.69. The molecule has 0 saturated carbocycles. The minimum atomic E-state index is -5.06. The minimum Gasteiger partial charge on any atom is -1.00 e. The second kappa shape index (κ2) is 25.0.